The van der Waals surface area contributed by atoms with Crippen molar-refractivity contribution in [1.82, 2.24) is 0 Å². The van der Waals surface area contributed by atoms with E-state index in [1.807, 2.05) is 54.6 Å². The van der Waals surface area contributed by atoms with Crippen LogP contribution in [-0.2, 0) is 11.2 Å². The van der Waals surface area contributed by atoms with Crippen molar-refractivity contribution in [2.75, 3.05) is 17.2 Å². The summed E-state index contributed by atoms with van der Waals surface area (Å²) in [7, 11) is 0. The Morgan fingerprint density at radius 2 is 1.68 bits per heavy atom. The first-order valence-corrected chi connectivity index (χ1v) is 6.46. The maximum atomic E-state index is 11.9. The zero-order chi connectivity index (χ0) is 13.5. The maximum absolute atomic E-state index is 11.9. The van der Waals surface area contributed by atoms with Crippen molar-refractivity contribution >= 4 is 17.3 Å². The standard InChI is InChI=1S/C16H18N2O/c1-2-13-8-6-7-11-15(13)18-16(19)12-17-14-9-4-3-5-10-14/h3-11,17H,2,12H2,1H3,(H,18,19). The van der Waals surface area contributed by atoms with Gasteiger partial charge in [-0.05, 0) is 30.2 Å². The van der Waals surface area contributed by atoms with Gasteiger partial charge in [-0.1, -0.05) is 43.3 Å². The van der Waals surface area contributed by atoms with E-state index < -0.39 is 0 Å². The van der Waals surface area contributed by atoms with Crippen LogP contribution in [0.2, 0.25) is 0 Å². The fourth-order valence-corrected chi connectivity index (χ4v) is 1.88. The predicted molar refractivity (Wildman–Crippen MR) is 79.4 cm³/mol. The van der Waals surface area contributed by atoms with Gasteiger partial charge < -0.3 is 10.6 Å². The highest BCUT2D eigenvalue weighted by Gasteiger charge is 2.04. The molecule has 0 aromatic heterocycles. The minimum absolute atomic E-state index is 0.0373. The number of anilines is 2. The summed E-state index contributed by atoms with van der Waals surface area (Å²) in [5, 5.41) is 6.02. The van der Waals surface area contributed by atoms with E-state index in [1.165, 1.54) is 0 Å². The van der Waals surface area contributed by atoms with E-state index in [-0.39, 0.29) is 12.5 Å². The molecule has 2 rings (SSSR count). The van der Waals surface area contributed by atoms with Crippen LogP contribution in [0.3, 0.4) is 0 Å². The van der Waals surface area contributed by atoms with Crippen LogP contribution in [0.4, 0.5) is 11.4 Å². The van der Waals surface area contributed by atoms with Crippen LogP contribution >= 0.6 is 0 Å². The molecular weight excluding hydrogens is 236 g/mol. The molecule has 19 heavy (non-hydrogen) atoms. The summed E-state index contributed by atoms with van der Waals surface area (Å²) in [6.45, 7) is 2.34. The van der Waals surface area contributed by atoms with Crippen molar-refractivity contribution in [2.45, 2.75) is 13.3 Å². The third-order valence-corrected chi connectivity index (χ3v) is 2.90. The van der Waals surface area contributed by atoms with Crippen LogP contribution in [0.25, 0.3) is 0 Å². The predicted octanol–water partition coefficient (Wildman–Crippen LogP) is 3.30. The maximum Gasteiger partial charge on any atom is 0.243 e. The van der Waals surface area contributed by atoms with Gasteiger partial charge >= 0.3 is 0 Å². The zero-order valence-corrected chi connectivity index (χ0v) is 11.0. The van der Waals surface area contributed by atoms with Crippen LogP contribution < -0.4 is 10.6 Å². The number of benzene rings is 2. The van der Waals surface area contributed by atoms with Gasteiger partial charge in [-0.15, -0.1) is 0 Å². The summed E-state index contributed by atoms with van der Waals surface area (Å²) in [5.74, 6) is -0.0373. The summed E-state index contributed by atoms with van der Waals surface area (Å²) in [6, 6.07) is 17.6. The van der Waals surface area contributed by atoms with E-state index in [0.29, 0.717) is 0 Å². The van der Waals surface area contributed by atoms with Crippen molar-refractivity contribution in [3.63, 3.8) is 0 Å². The molecule has 3 heteroatoms. The molecule has 3 nitrogen and oxygen atoms in total. The lowest BCUT2D eigenvalue weighted by Gasteiger charge is -2.10. The summed E-state index contributed by atoms with van der Waals surface area (Å²) in [5.41, 5.74) is 2.99. The lowest BCUT2D eigenvalue weighted by molar-refractivity contribution is -0.114. The highest BCUT2D eigenvalue weighted by Crippen LogP contribution is 2.15. The van der Waals surface area contributed by atoms with E-state index in [0.717, 1.165) is 23.4 Å². The lowest BCUT2D eigenvalue weighted by Crippen LogP contribution is -2.22. The molecule has 0 aliphatic heterocycles. The molecule has 0 aliphatic rings. The number of hydrogen-bond acceptors (Lipinski definition) is 2. The molecule has 2 N–H and O–H groups in total. The van der Waals surface area contributed by atoms with Crippen LogP contribution in [0.1, 0.15) is 12.5 Å². The molecule has 0 fully saturated rings. The molecule has 0 spiro atoms. The van der Waals surface area contributed by atoms with Crippen molar-refractivity contribution < 1.29 is 4.79 Å². The Morgan fingerprint density at radius 1 is 1.00 bits per heavy atom. The molecule has 2 aromatic carbocycles. The average molecular weight is 254 g/mol. The molecule has 0 saturated carbocycles. The second kappa shape index (κ2) is 6.59. The molecule has 0 bridgehead atoms. The van der Waals surface area contributed by atoms with Crippen LogP contribution in [0.5, 0.6) is 0 Å². The van der Waals surface area contributed by atoms with Gasteiger partial charge in [-0.2, -0.15) is 0 Å². The Hall–Kier alpha value is -2.29. The molecule has 2 aromatic rings. The van der Waals surface area contributed by atoms with Gasteiger partial charge in [0.2, 0.25) is 5.91 Å². The Labute approximate surface area is 113 Å². The van der Waals surface area contributed by atoms with E-state index >= 15 is 0 Å². The quantitative estimate of drug-likeness (QED) is 0.859. The van der Waals surface area contributed by atoms with Gasteiger partial charge in [0.15, 0.2) is 0 Å². The minimum Gasteiger partial charge on any atom is -0.376 e. The molecule has 0 saturated heterocycles. The van der Waals surface area contributed by atoms with E-state index in [2.05, 4.69) is 17.6 Å². The van der Waals surface area contributed by atoms with Crippen molar-refractivity contribution in [2.24, 2.45) is 0 Å². The van der Waals surface area contributed by atoms with E-state index in [9.17, 15) is 4.79 Å². The number of carbonyl (C=O) groups is 1. The zero-order valence-electron chi connectivity index (χ0n) is 11.0. The molecule has 98 valence electrons. The second-order valence-electron chi connectivity index (χ2n) is 4.28. The van der Waals surface area contributed by atoms with Gasteiger partial charge in [0.25, 0.3) is 0 Å². The number of para-hydroxylation sites is 2. The van der Waals surface area contributed by atoms with Gasteiger partial charge in [0.1, 0.15) is 0 Å². The van der Waals surface area contributed by atoms with Gasteiger partial charge in [-0.3, -0.25) is 4.79 Å². The molecular formula is C16H18N2O. The first-order chi connectivity index (χ1) is 9.29. The van der Waals surface area contributed by atoms with Crippen molar-refractivity contribution in [3.8, 4) is 0 Å². The number of hydrogen-bond donors (Lipinski definition) is 2. The van der Waals surface area contributed by atoms with Crippen LogP contribution in [0, 0.1) is 0 Å². The first kappa shape index (κ1) is 13.1. The highest BCUT2D eigenvalue weighted by atomic mass is 16.1. The van der Waals surface area contributed by atoms with Crippen LogP contribution in [0.15, 0.2) is 54.6 Å². The minimum atomic E-state index is -0.0373. The summed E-state index contributed by atoms with van der Waals surface area (Å²) in [6.07, 6.45) is 0.905. The highest BCUT2D eigenvalue weighted by molar-refractivity contribution is 5.94. The monoisotopic (exact) mass is 254 g/mol. The number of nitrogens with one attached hydrogen (secondary N) is 2. The molecule has 0 heterocycles. The van der Waals surface area contributed by atoms with Gasteiger partial charge in [0.05, 0.1) is 6.54 Å². The Balaban J connectivity index is 1.91. The Morgan fingerprint density at radius 3 is 2.42 bits per heavy atom. The van der Waals surface area contributed by atoms with E-state index in [1.54, 1.807) is 0 Å². The molecule has 0 radical (unpaired) electrons. The first-order valence-electron chi connectivity index (χ1n) is 6.46. The molecule has 0 aliphatic carbocycles. The molecule has 0 atom stereocenters. The van der Waals surface area contributed by atoms with E-state index in [4.69, 9.17) is 0 Å². The van der Waals surface area contributed by atoms with Gasteiger partial charge in [-0.25, -0.2) is 0 Å². The summed E-state index contributed by atoms with van der Waals surface area (Å²) < 4.78 is 0. The Bertz CT molecular complexity index is 537. The molecule has 1 amide bonds. The van der Waals surface area contributed by atoms with Crippen molar-refractivity contribution in [1.29, 1.82) is 0 Å². The number of carbonyl (C=O) groups excluding carboxylic acids is 1. The SMILES string of the molecule is CCc1ccccc1NC(=O)CNc1ccccc1. The fourth-order valence-electron chi connectivity index (χ4n) is 1.88. The molecule has 0 unspecified atom stereocenters. The normalized spacial score (nSPS) is 9.95. The van der Waals surface area contributed by atoms with Gasteiger partial charge in [0, 0.05) is 11.4 Å². The smallest absolute Gasteiger partial charge is 0.243 e. The second-order valence-corrected chi connectivity index (χ2v) is 4.28. The number of aryl methyl sites for hydroxylation is 1. The third-order valence-electron chi connectivity index (χ3n) is 2.90. The number of rotatable bonds is 5. The topological polar surface area (TPSA) is 41.1 Å². The Kier molecular flexibility index (Phi) is 4.56. The van der Waals surface area contributed by atoms with Crippen LogP contribution in [-0.4, -0.2) is 12.5 Å². The third kappa shape index (κ3) is 3.85. The summed E-state index contributed by atoms with van der Waals surface area (Å²) in [4.78, 5) is 11.9. The van der Waals surface area contributed by atoms with Crippen molar-refractivity contribution in [3.05, 3.63) is 60.2 Å². The largest absolute Gasteiger partial charge is 0.376 e. The number of amides is 1. The fraction of sp³-hybridized carbons (Fsp3) is 0.188. The lowest BCUT2D eigenvalue weighted by atomic mass is 10.1. The average Bonchev–Trinajstić information content (AvgIpc) is 2.47. The summed E-state index contributed by atoms with van der Waals surface area (Å²) >= 11 is 0.